The van der Waals surface area contributed by atoms with Crippen LogP contribution in [0.5, 0.6) is 5.75 Å². The van der Waals surface area contributed by atoms with Gasteiger partial charge in [0, 0.05) is 31.7 Å². The van der Waals surface area contributed by atoms with E-state index in [1.54, 1.807) is 19.2 Å². The Morgan fingerprint density at radius 1 is 1.50 bits per heavy atom. The molecular formula is C17H23N5O2. The number of ether oxygens (including phenoxy) is 1. The van der Waals surface area contributed by atoms with Gasteiger partial charge in [-0.05, 0) is 32.0 Å². The van der Waals surface area contributed by atoms with Crippen LogP contribution >= 0.6 is 0 Å². The van der Waals surface area contributed by atoms with Crippen LogP contribution < -0.4 is 4.74 Å². The topological polar surface area (TPSA) is 74.4 Å². The zero-order valence-corrected chi connectivity index (χ0v) is 14.2. The number of fused-ring (bicyclic) bond motifs is 1. The minimum Gasteiger partial charge on any atom is -0.496 e. The number of H-pyrrole nitrogens is 1. The largest absolute Gasteiger partial charge is 0.496 e. The molecule has 1 aliphatic heterocycles. The van der Waals surface area contributed by atoms with Crippen molar-refractivity contribution in [3.8, 4) is 5.75 Å². The second-order valence-electron chi connectivity index (χ2n) is 5.93. The predicted octanol–water partition coefficient (Wildman–Crippen LogP) is 2.04. The van der Waals surface area contributed by atoms with E-state index in [-0.39, 0.29) is 5.91 Å². The molecule has 0 saturated carbocycles. The number of likely N-dealkylation sites (tertiary alicyclic amines) is 1. The molecule has 0 bridgehead atoms. The molecule has 7 heteroatoms. The van der Waals surface area contributed by atoms with Crippen molar-refractivity contribution in [1.29, 1.82) is 0 Å². The Morgan fingerprint density at radius 2 is 2.25 bits per heavy atom. The Labute approximate surface area is 141 Å². The molecule has 1 aliphatic rings. The molecule has 0 radical (unpaired) electrons. The van der Waals surface area contributed by atoms with Gasteiger partial charge in [-0.3, -0.25) is 4.79 Å². The smallest absolute Gasteiger partial charge is 0.257 e. The van der Waals surface area contributed by atoms with E-state index in [2.05, 4.69) is 26.9 Å². The number of benzene rings is 1. The lowest BCUT2D eigenvalue weighted by atomic mass is 10.1. The third kappa shape index (κ3) is 2.93. The van der Waals surface area contributed by atoms with Crippen molar-refractivity contribution in [2.75, 3.05) is 26.7 Å². The fraction of sp³-hybridized carbons (Fsp3) is 0.471. The number of aromatic nitrogens is 3. The van der Waals surface area contributed by atoms with Crippen LogP contribution in [0.2, 0.25) is 0 Å². The monoisotopic (exact) mass is 329 g/mol. The molecule has 0 spiro atoms. The molecule has 2 heterocycles. The number of carbonyl (C=O) groups excluding carboxylic acids is 1. The first-order valence-corrected chi connectivity index (χ1v) is 8.24. The number of amides is 1. The number of hydrogen-bond donors (Lipinski definition) is 1. The molecule has 2 aromatic rings. The van der Waals surface area contributed by atoms with Crippen molar-refractivity contribution in [3.63, 3.8) is 0 Å². The van der Waals surface area contributed by atoms with E-state index < -0.39 is 0 Å². The van der Waals surface area contributed by atoms with Gasteiger partial charge in [0.15, 0.2) is 0 Å². The normalized spacial score (nSPS) is 17.2. The summed E-state index contributed by atoms with van der Waals surface area (Å²) in [6.45, 7) is 8.19. The molecule has 1 saturated heterocycles. The van der Waals surface area contributed by atoms with E-state index >= 15 is 0 Å². The first-order chi connectivity index (χ1) is 11.7. The van der Waals surface area contributed by atoms with Crippen LogP contribution in [0.1, 0.15) is 30.1 Å². The molecule has 7 nitrogen and oxygen atoms in total. The Kier molecular flexibility index (Phi) is 4.69. The molecule has 0 aliphatic carbocycles. The average Bonchev–Trinajstić information content (AvgIpc) is 3.25. The van der Waals surface area contributed by atoms with Crippen LogP contribution in [0.4, 0.5) is 0 Å². The van der Waals surface area contributed by atoms with Crippen molar-refractivity contribution < 1.29 is 9.53 Å². The first-order valence-electron chi connectivity index (χ1n) is 8.24. The second kappa shape index (κ2) is 6.90. The summed E-state index contributed by atoms with van der Waals surface area (Å²) in [4.78, 5) is 17.1. The van der Waals surface area contributed by atoms with Crippen LogP contribution in [-0.2, 0) is 0 Å². The van der Waals surface area contributed by atoms with Crippen LogP contribution in [-0.4, -0.2) is 63.9 Å². The lowest BCUT2D eigenvalue weighted by Crippen LogP contribution is -2.41. The Balaban J connectivity index is 1.86. The highest BCUT2D eigenvalue weighted by atomic mass is 16.5. The molecule has 128 valence electrons. The first kappa shape index (κ1) is 16.3. The summed E-state index contributed by atoms with van der Waals surface area (Å²) in [6.07, 6.45) is 4.09. The van der Waals surface area contributed by atoms with E-state index in [4.69, 9.17) is 4.74 Å². The van der Waals surface area contributed by atoms with Gasteiger partial charge < -0.3 is 14.5 Å². The number of likely N-dealkylation sites (N-methyl/N-ethyl adjacent to an activating group) is 1. The molecule has 24 heavy (non-hydrogen) atoms. The summed E-state index contributed by atoms with van der Waals surface area (Å²) in [5.74, 6) is 0.474. The molecule has 1 fully saturated rings. The molecule has 1 unspecified atom stereocenters. The van der Waals surface area contributed by atoms with Gasteiger partial charge >= 0.3 is 0 Å². The highest BCUT2D eigenvalue weighted by Crippen LogP contribution is 2.26. The summed E-state index contributed by atoms with van der Waals surface area (Å²) in [5.41, 5.74) is 1.85. The highest BCUT2D eigenvalue weighted by molar-refractivity contribution is 6.00. The maximum Gasteiger partial charge on any atom is 0.257 e. The predicted molar refractivity (Wildman–Crippen MR) is 91.9 cm³/mol. The number of hydrogen-bond acceptors (Lipinski definition) is 5. The number of carbonyl (C=O) groups is 1. The van der Waals surface area contributed by atoms with Crippen LogP contribution in [0, 0.1) is 0 Å². The summed E-state index contributed by atoms with van der Waals surface area (Å²) in [6, 6.07) is 3.81. The van der Waals surface area contributed by atoms with Gasteiger partial charge in [-0.1, -0.05) is 6.58 Å². The quantitative estimate of drug-likeness (QED) is 0.878. The summed E-state index contributed by atoms with van der Waals surface area (Å²) in [5, 5.41) is 10.7. The SMILES string of the molecule is C=CN1CCCC1CN(CC)C(=O)c1cc2n[nH]nc2cc1OC. The molecular weight excluding hydrogens is 306 g/mol. The molecule has 1 aromatic heterocycles. The lowest BCUT2D eigenvalue weighted by molar-refractivity contribution is 0.0728. The fourth-order valence-corrected chi connectivity index (χ4v) is 3.28. The minimum absolute atomic E-state index is 0.0461. The third-order valence-electron chi connectivity index (χ3n) is 4.63. The van der Waals surface area contributed by atoms with Gasteiger partial charge in [-0.2, -0.15) is 15.4 Å². The molecule has 1 atom stereocenters. The van der Waals surface area contributed by atoms with Gasteiger partial charge in [0.25, 0.3) is 5.91 Å². The van der Waals surface area contributed by atoms with Gasteiger partial charge in [-0.15, -0.1) is 0 Å². The standard InChI is InChI=1S/C17H23N5O2/c1-4-21-8-6-7-12(21)11-22(5-2)17(23)13-9-14-15(19-20-18-14)10-16(13)24-3/h4,9-10,12H,1,5-8,11H2,2-3H3,(H,18,19,20). The van der Waals surface area contributed by atoms with Crippen molar-refractivity contribution >= 4 is 16.9 Å². The average molecular weight is 329 g/mol. The number of rotatable bonds is 6. The van der Waals surface area contributed by atoms with Crippen LogP contribution in [0.25, 0.3) is 11.0 Å². The molecule has 1 N–H and O–H groups in total. The van der Waals surface area contributed by atoms with Gasteiger partial charge in [0.1, 0.15) is 16.8 Å². The minimum atomic E-state index is -0.0461. The highest BCUT2D eigenvalue weighted by Gasteiger charge is 2.27. The van der Waals surface area contributed by atoms with E-state index in [9.17, 15) is 4.79 Å². The summed E-state index contributed by atoms with van der Waals surface area (Å²) >= 11 is 0. The van der Waals surface area contributed by atoms with Crippen LogP contribution in [0.15, 0.2) is 24.9 Å². The molecule has 3 rings (SSSR count). The van der Waals surface area contributed by atoms with Crippen molar-refractivity contribution in [1.82, 2.24) is 25.2 Å². The second-order valence-corrected chi connectivity index (χ2v) is 5.93. The zero-order valence-electron chi connectivity index (χ0n) is 14.2. The van der Waals surface area contributed by atoms with E-state index in [1.807, 2.05) is 18.0 Å². The van der Waals surface area contributed by atoms with Gasteiger partial charge in [0.05, 0.1) is 12.7 Å². The summed E-state index contributed by atoms with van der Waals surface area (Å²) in [7, 11) is 1.56. The Bertz CT molecular complexity index is 742. The van der Waals surface area contributed by atoms with E-state index in [0.717, 1.165) is 19.4 Å². The van der Waals surface area contributed by atoms with Crippen LogP contribution in [0.3, 0.4) is 0 Å². The third-order valence-corrected chi connectivity index (χ3v) is 4.63. The number of aromatic amines is 1. The Hall–Kier alpha value is -2.57. The van der Waals surface area contributed by atoms with E-state index in [1.165, 1.54) is 0 Å². The van der Waals surface area contributed by atoms with Crippen molar-refractivity contribution in [3.05, 3.63) is 30.5 Å². The molecule has 1 amide bonds. The van der Waals surface area contributed by atoms with E-state index in [0.29, 0.717) is 41.5 Å². The summed E-state index contributed by atoms with van der Waals surface area (Å²) < 4.78 is 5.40. The Morgan fingerprint density at radius 3 is 2.92 bits per heavy atom. The number of nitrogens with zero attached hydrogens (tertiary/aromatic N) is 4. The fourth-order valence-electron chi connectivity index (χ4n) is 3.28. The molecule has 1 aromatic carbocycles. The number of nitrogens with one attached hydrogen (secondary N) is 1. The van der Waals surface area contributed by atoms with Gasteiger partial charge in [0.2, 0.25) is 0 Å². The zero-order chi connectivity index (χ0) is 17.1. The lowest BCUT2D eigenvalue weighted by Gasteiger charge is -2.29. The van der Waals surface area contributed by atoms with Crippen molar-refractivity contribution in [2.24, 2.45) is 0 Å². The van der Waals surface area contributed by atoms with Gasteiger partial charge in [-0.25, -0.2) is 0 Å². The van der Waals surface area contributed by atoms with Crippen molar-refractivity contribution in [2.45, 2.75) is 25.8 Å². The number of methoxy groups -OCH3 is 1. The maximum atomic E-state index is 13.0. The maximum absolute atomic E-state index is 13.0.